The fourth-order valence-corrected chi connectivity index (χ4v) is 2.23. The molecule has 2 heteroatoms. The van der Waals surface area contributed by atoms with Crippen molar-refractivity contribution in [1.29, 1.82) is 5.41 Å². The molecule has 0 heterocycles. The molecule has 0 atom stereocenters. The average molecular weight is 290 g/mol. The van der Waals surface area contributed by atoms with E-state index < -0.39 is 0 Å². The maximum Gasteiger partial charge on any atom is 0.0884 e. The van der Waals surface area contributed by atoms with Crippen LogP contribution in [0.25, 0.3) is 5.70 Å². The van der Waals surface area contributed by atoms with E-state index in [1.807, 2.05) is 19.1 Å². The molecule has 0 bridgehead atoms. The topological polar surface area (TPSA) is 36.2 Å². The van der Waals surface area contributed by atoms with Crippen LogP contribution in [0, 0.1) is 26.2 Å². The van der Waals surface area contributed by atoms with Crippen LogP contribution >= 0.6 is 0 Å². The van der Waals surface area contributed by atoms with Gasteiger partial charge in [-0.05, 0) is 50.5 Å². The highest BCUT2D eigenvalue weighted by atomic mass is 14.8. The molecular formula is C20H22N2. The van der Waals surface area contributed by atoms with E-state index in [4.69, 9.17) is 5.41 Å². The third kappa shape index (κ3) is 3.59. The van der Waals surface area contributed by atoms with Gasteiger partial charge in [0.2, 0.25) is 0 Å². The van der Waals surface area contributed by atoms with Gasteiger partial charge in [-0.15, -0.1) is 0 Å². The summed E-state index contributed by atoms with van der Waals surface area (Å²) in [4.78, 5) is 4.69. The maximum absolute atomic E-state index is 7.70. The Morgan fingerprint density at radius 2 is 1.55 bits per heavy atom. The largest absolute Gasteiger partial charge is 0.306 e. The van der Waals surface area contributed by atoms with Crippen LogP contribution in [0.3, 0.4) is 0 Å². The van der Waals surface area contributed by atoms with Gasteiger partial charge in [-0.25, -0.2) is 4.99 Å². The lowest BCUT2D eigenvalue weighted by molar-refractivity contribution is 1.33. The molecule has 2 aromatic rings. The van der Waals surface area contributed by atoms with Crippen molar-refractivity contribution in [2.24, 2.45) is 4.99 Å². The monoisotopic (exact) mass is 290 g/mol. The Labute approximate surface area is 132 Å². The number of aliphatic imine (C=N–C) groups is 1. The van der Waals surface area contributed by atoms with Gasteiger partial charge in [0.1, 0.15) is 0 Å². The van der Waals surface area contributed by atoms with Crippen LogP contribution in [0.5, 0.6) is 0 Å². The van der Waals surface area contributed by atoms with Crippen molar-refractivity contribution in [3.63, 3.8) is 0 Å². The molecule has 0 saturated carbocycles. The standard InChI is InChI=1S/C20H22N2/c1-5-19(17-9-6-14(2)7-10-17)22-20(13-21)18-11-8-15(3)16(4)12-18/h5-13,21H,1-4H3/b19-5-,21-13?,22-20+. The van der Waals surface area contributed by atoms with Gasteiger partial charge in [0, 0.05) is 11.8 Å². The molecule has 0 fully saturated rings. The number of hydrogen-bond donors (Lipinski definition) is 1. The van der Waals surface area contributed by atoms with E-state index in [0.29, 0.717) is 5.71 Å². The van der Waals surface area contributed by atoms with E-state index in [0.717, 1.165) is 16.8 Å². The molecule has 0 aliphatic rings. The first-order valence-corrected chi connectivity index (χ1v) is 7.45. The number of allylic oxidation sites excluding steroid dienone is 1. The molecule has 0 radical (unpaired) electrons. The van der Waals surface area contributed by atoms with Crippen molar-refractivity contribution >= 4 is 17.6 Å². The number of benzene rings is 2. The summed E-state index contributed by atoms with van der Waals surface area (Å²) in [6, 6.07) is 14.5. The summed E-state index contributed by atoms with van der Waals surface area (Å²) in [5.74, 6) is 0. The molecule has 0 aliphatic heterocycles. The van der Waals surface area contributed by atoms with Crippen molar-refractivity contribution < 1.29 is 0 Å². The zero-order chi connectivity index (χ0) is 16.1. The highest BCUT2D eigenvalue weighted by Crippen LogP contribution is 2.19. The van der Waals surface area contributed by atoms with Crippen LogP contribution < -0.4 is 0 Å². The molecule has 2 rings (SSSR count). The lowest BCUT2D eigenvalue weighted by Crippen LogP contribution is -2.03. The molecule has 2 aromatic carbocycles. The van der Waals surface area contributed by atoms with Gasteiger partial charge >= 0.3 is 0 Å². The van der Waals surface area contributed by atoms with Crippen LogP contribution in [0.4, 0.5) is 0 Å². The van der Waals surface area contributed by atoms with E-state index in [2.05, 4.69) is 62.2 Å². The molecule has 22 heavy (non-hydrogen) atoms. The fraction of sp³-hybridized carbons (Fsp3) is 0.200. The summed E-state index contributed by atoms with van der Waals surface area (Å²) in [7, 11) is 0. The maximum atomic E-state index is 7.70. The molecule has 0 amide bonds. The summed E-state index contributed by atoms with van der Waals surface area (Å²) in [6.45, 7) is 8.21. The van der Waals surface area contributed by atoms with Crippen molar-refractivity contribution in [2.45, 2.75) is 27.7 Å². The minimum Gasteiger partial charge on any atom is -0.306 e. The van der Waals surface area contributed by atoms with Crippen LogP contribution in [0.1, 0.15) is 34.7 Å². The Morgan fingerprint density at radius 3 is 2.09 bits per heavy atom. The van der Waals surface area contributed by atoms with Gasteiger partial charge in [-0.1, -0.05) is 48.0 Å². The van der Waals surface area contributed by atoms with Gasteiger partial charge in [0.25, 0.3) is 0 Å². The third-order valence-electron chi connectivity index (χ3n) is 3.80. The first-order valence-electron chi connectivity index (χ1n) is 7.45. The van der Waals surface area contributed by atoms with Crippen molar-refractivity contribution in [3.8, 4) is 0 Å². The van der Waals surface area contributed by atoms with E-state index in [9.17, 15) is 0 Å². The second-order valence-corrected chi connectivity index (χ2v) is 5.48. The Balaban J connectivity index is 2.43. The van der Waals surface area contributed by atoms with Gasteiger partial charge < -0.3 is 5.41 Å². The molecule has 1 N–H and O–H groups in total. The Hall–Kier alpha value is -2.48. The highest BCUT2D eigenvalue weighted by Gasteiger charge is 2.05. The van der Waals surface area contributed by atoms with Gasteiger partial charge in [0.05, 0.1) is 11.4 Å². The van der Waals surface area contributed by atoms with Crippen LogP contribution in [0.15, 0.2) is 53.5 Å². The summed E-state index contributed by atoms with van der Waals surface area (Å²) in [6.07, 6.45) is 3.30. The summed E-state index contributed by atoms with van der Waals surface area (Å²) in [5.41, 5.74) is 7.29. The molecule has 0 saturated heterocycles. The summed E-state index contributed by atoms with van der Waals surface area (Å²) in [5, 5.41) is 7.70. The van der Waals surface area contributed by atoms with E-state index in [-0.39, 0.29) is 0 Å². The Bertz CT molecular complexity index is 735. The Morgan fingerprint density at radius 1 is 0.909 bits per heavy atom. The van der Waals surface area contributed by atoms with Crippen LogP contribution in [0.2, 0.25) is 0 Å². The number of rotatable bonds is 4. The lowest BCUT2D eigenvalue weighted by atomic mass is 10.0. The van der Waals surface area contributed by atoms with Crippen LogP contribution in [-0.4, -0.2) is 11.9 Å². The molecule has 2 nitrogen and oxygen atoms in total. The minimum absolute atomic E-state index is 0.678. The lowest BCUT2D eigenvalue weighted by Gasteiger charge is -2.08. The second kappa shape index (κ2) is 6.99. The minimum atomic E-state index is 0.678. The summed E-state index contributed by atoms with van der Waals surface area (Å²) < 4.78 is 0. The fourth-order valence-electron chi connectivity index (χ4n) is 2.23. The van der Waals surface area contributed by atoms with Gasteiger partial charge in [0.15, 0.2) is 0 Å². The molecule has 0 spiro atoms. The zero-order valence-electron chi connectivity index (χ0n) is 13.6. The third-order valence-corrected chi connectivity index (χ3v) is 3.80. The van der Waals surface area contributed by atoms with Gasteiger partial charge in [-0.2, -0.15) is 0 Å². The Kier molecular flexibility index (Phi) is 5.05. The van der Waals surface area contributed by atoms with E-state index >= 15 is 0 Å². The van der Waals surface area contributed by atoms with E-state index in [1.165, 1.54) is 22.9 Å². The number of nitrogens with one attached hydrogen (secondary N) is 1. The average Bonchev–Trinajstić information content (AvgIpc) is 2.53. The zero-order valence-corrected chi connectivity index (χ0v) is 13.6. The number of hydrogen-bond acceptors (Lipinski definition) is 2. The van der Waals surface area contributed by atoms with Crippen molar-refractivity contribution in [1.82, 2.24) is 0 Å². The smallest absolute Gasteiger partial charge is 0.0884 e. The van der Waals surface area contributed by atoms with Crippen molar-refractivity contribution in [3.05, 3.63) is 76.4 Å². The first-order chi connectivity index (χ1) is 10.5. The normalized spacial score (nSPS) is 12.4. The number of nitrogens with zero attached hydrogens (tertiary/aromatic N) is 1. The molecule has 112 valence electrons. The summed E-state index contributed by atoms with van der Waals surface area (Å²) >= 11 is 0. The van der Waals surface area contributed by atoms with Gasteiger partial charge in [-0.3, -0.25) is 0 Å². The highest BCUT2D eigenvalue weighted by molar-refractivity contribution is 6.38. The SMILES string of the molecule is C/C=C(\N=C(/C=N)c1ccc(C)c(C)c1)c1ccc(C)cc1. The van der Waals surface area contributed by atoms with E-state index in [1.54, 1.807) is 0 Å². The predicted molar refractivity (Wildman–Crippen MR) is 96.1 cm³/mol. The first kappa shape index (κ1) is 15.9. The molecular weight excluding hydrogens is 268 g/mol. The molecule has 0 aromatic heterocycles. The second-order valence-electron chi connectivity index (χ2n) is 5.48. The quantitative estimate of drug-likeness (QED) is 0.760. The predicted octanol–water partition coefficient (Wildman–Crippen LogP) is 5.11. The molecule has 0 aliphatic carbocycles. The molecule has 0 unspecified atom stereocenters. The number of aryl methyl sites for hydroxylation is 3. The van der Waals surface area contributed by atoms with Crippen molar-refractivity contribution in [2.75, 3.05) is 0 Å². The van der Waals surface area contributed by atoms with Crippen LogP contribution in [-0.2, 0) is 0 Å².